The van der Waals surface area contributed by atoms with Crippen LogP contribution in [0.5, 0.6) is 0 Å². The molecular formula is C16H21N5O5. The van der Waals surface area contributed by atoms with Crippen molar-refractivity contribution in [1.82, 2.24) is 24.6 Å². The van der Waals surface area contributed by atoms with E-state index >= 15 is 0 Å². The fourth-order valence-corrected chi connectivity index (χ4v) is 2.86. The van der Waals surface area contributed by atoms with E-state index in [1.165, 1.54) is 7.05 Å². The number of amides is 1. The van der Waals surface area contributed by atoms with Gasteiger partial charge in [-0.05, 0) is 30.9 Å². The van der Waals surface area contributed by atoms with Crippen LogP contribution in [0.15, 0.2) is 29.2 Å². The Balaban J connectivity index is 0.000000758. The predicted octanol–water partition coefficient (Wildman–Crippen LogP) is -0.210. The highest BCUT2D eigenvalue weighted by Gasteiger charge is 2.30. The molecule has 1 saturated heterocycles. The number of rotatable bonds is 3. The Morgan fingerprint density at radius 3 is 2.54 bits per heavy atom. The average molecular weight is 363 g/mol. The monoisotopic (exact) mass is 363 g/mol. The van der Waals surface area contributed by atoms with Crippen molar-refractivity contribution in [1.29, 1.82) is 0 Å². The van der Waals surface area contributed by atoms with Crippen molar-refractivity contribution >= 4 is 12.4 Å². The van der Waals surface area contributed by atoms with E-state index in [0.29, 0.717) is 31.6 Å². The predicted molar refractivity (Wildman–Crippen MR) is 90.3 cm³/mol. The van der Waals surface area contributed by atoms with Crippen LogP contribution in [0.2, 0.25) is 0 Å². The summed E-state index contributed by atoms with van der Waals surface area (Å²) in [6, 6.07) is 5.47. The molecule has 1 amide bonds. The van der Waals surface area contributed by atoms with Crippen LogP contribution in [0, 0.1) is 5.92 Å². The summed E-state index contributed by atoms with van der Waals surface area (Å²) in [5, 5.41) is 21.2. The summed E-state index contributed by atoms with van der Waals surface area (Å²) in [6.07, 6.45) is 2.40. The Morgan fingerprint density at radius 2 is 2.04 bits per heavy atom. The molecular weight excluding hydrogens is 342 g/mol. The molecule has 3 N–H and O–H groups in total. The fourth-order valence-electron chi connectivity index (χ4n) is 2.86. The van der Waals surface area contributed by atoms with Gasteiger partial charge in [-0.15, -0.1) is 5.10 Å². The number of likely N-dealkylation sites (tertiary alicyclic amines) is 1. The first-order valence-corrected chi connectivity index (χ1v) is 8.07. The van der Waals surface area contributed by atoms with E-state index in [-0.39, 0.29) is 24.1 Å². The van der Waals surface area contributed by atoms with Crippen molar-refractivity contribution in [2.75, 3.05) is 13.1 Å². The Labute approximate surface area is 149 Å². The standard InChI is InChI=1S/C15H19N5O3.CH2O2/c1-19-15(23)17-13(18-19)14(22)20-8-5-10(6-9-20)12(21)11-4-2-3-7-16-11;2-1-3/h2-4,7,10,12,21H,5-6,8-9H2,1H3,(H,17,18,23);1H,(H,2,3). The summed E-state index contributed by atoms with van der Waals surface area (Å²) >= 11 is 0. The number of aromatic amines is 1. The number of carboxylic acid groups (broad SMARTS) is 1. The molecule has 0 spiro atoms. The molecule has 26 heavy (non-hydrogen) atoms. The average Bonchev–Trinajstić information content (AvgIpc) is 3.01. The van der Waals surface area contributed by atoms with Crippen LogP contribution in [0.4, 0.5) is 0 Å². The van der Waals surface area contributed by atoms with E-state index in [0.717, 1.165) is 4.68 Å². The summed E-state index contributed by atoms with van der Waals surface area (Å²) in [4.78, 5) is 40.3. The molecule has 2 aromatic rings. The normalized spacial score (nSPS) is 15.7. The molecule has 10 heteroatoms. The lowest BCUT2D eigenvalue weighted by Gasteiger charge is -2.33. The first-order valence-electron chi connectivity index (χ1n) is 8.07. The summed E-state index contributed by atoms with van der Waals surface area (Å²) in [7, 11) is 1.49. The minimum Gasteiger partial charge on any atom is -0.483 e. The Hall–Kier alpha value is -3.01. The van der Waals surface area contributed by atoms with E-state index in [9.17, 15) is 14.7 Å². The quantitative estimate of drug-likeness (QED) is 0.641. The second kappa shape index (κ2) is 8.90. The maximum atomic E-state index is 12.3. The van der Waals surface area contributed by atoms with Crippen LogP contribution >= 0.6 is 0 Å². The van der Waals surface area contributed by atoms with Crippen molar-refractivity contribution in [2.24, 2.45) is 13.0 Å². The molecule has 0 saturated carbocycles. The highest BCUT2D eigenvalue weighted by atomic mass is 16.3. The van der Waals surface area contributed by atoms with Crippen molar-refractivity contribution < 1.29 is 19.8 Å². The number of nitrogens with zero attached hydrogens (tertiary/aromatic N) is 4. The third-order valence-electron chi connectivity index (χ3n) is 4.24. The molecule has 0 aliphatic carbocycles. The van der Waals surface area contributed by atoms with Gasteiger partial charge in [0.1, 0.15) is 0 Å². The van der Waals surface area contributed by atoms with E-state index in [1.807, 2.05) is 12.1 Å². The number of pyridine rings is 1. The van der Waals surface area contributed by atoms with Crippen molar-refractivity contribution in [3.8, 4) is 0 Å². The summed E-state index contributed by atoms with van der Waals surface area (Å²) in [5.74, 6) is -0.161. The van der Waals surface area contributed by atoms with E-state index < -0.39 is 11.8 Å². The van der Waals surface area contributed by atoms with Gasteiger partial charge in [0.2, 0.25) is 5.82 Å². The molecule has 3 heterocycles. The number of hydrogen-bond donors (Lipinski definition) is 3. The van der Waals surface area contributed by atoms with Crippen LogP contribution in [0.3, 0.4) is 0 Å². The molecule has 140 valence electrons. The number of H-pyrrole nitrogens is 1. The maximum absolute atomic E-state index is 12.3. The maximum Gasteiger partial charge on any atom is 0.343 e. The zero-order valence-corrected chi connectivity index (χ0v) is 14.3. The van der Waals surface area contributed by atoms with Crippen molar-refractivity contribution in [2.45, 2.75) is 18.9 Å². The van der Waals surface area contributed by atoms with E-state index in [1.54, 1.807) is 17.2 Å². The lowest BCUT2D eigenvalue weighted by molar-refractivity contribution is -0.122. The SMILES string of the molecule is Cn1nc(C(=O)N2CCC(C(O)c3ccccn3)CC2)[nH]c1=O.O=CO. The fraction of sp³-hybridized carbons (Fsp3) is 0.438. The number of nitrogens with one attached hydrogen (secondary N) is 1. The van der Waals surface area contributed by atoms with Crippen LogP contribution in [-0.4, -0.2) is 60.3 Å². The summed E-state index contributed by atoms with van der Waals surface area (Å²) < 4.78 is 1.10. The highest BCUT2D eigenvalue weighted by Crippen LogP contribution is 2.29. The number of carbonyl (C=O) groups excluding carboxylic acids is 1. The van der Waals surface area contributed by atoms with Gasteiger partial charge in [-0.2, -0.15) is 0 Å². The van der Waals surface area contributed by atoms with Crippen LogP contribution in [0.1, 0.15) is 35.3 Å². The molecule has 0 aromatic carbocycles. The van der Waals surface area contributed by atoms with Gasteiger partial charge in [0.15, 0.2) is 0 Å². The molecule has 3 rings (SSSR count). The van der Waals surface area contributed by atoms with Crippen molar-refractivity contribution in [3.05, 3.63) is 46.4 Å². The number of aromatic nitrogens is 4. The van der Waals surface area contributed by atoms with Gasteiger partial charge in [0, 0.05) is 26.3 Å². The minimum absolute atomic E-state index is 0.0567. The minimum atomic E-state index is -0.622. The molecule has 10 nitrogen and oxygen atoms in total. The smallest absolute Gasteiger partial charge is 0.343 e. The Morgan fingerprint density at radius 1 is 1.38 bits per heavy atom. The number of hydrogen-bond acceptors (Lipinski definition) is 6. The molecule has 1 fully saturated rings. The van der Waals surface area contributed by atoms with E-state index in [2.05, 4.69) is 15.1 Å². The van der Waals surface area contributed by atoms with Crippen molar-refractivity contribution in [3.63, 3.8) is 0 Å². The second-order valence-corrected chi connectivity index (χ2v) is 5.84. The molecule has 0 radical (unpaired) electrons. The molecule has 1 atom stereocenters. The van der Waals surface area contributed by atoms with Gasteiger partial charge in [0.25, 0.3) is 12.4 Å². The molecule has 1 unspecified atom stereocenters. The van der Waals surface area contributed by atoms with Gasteiger partial charge in [-0.1, -0.05) is 6.07 Å². The van der Waals surface area contributed by atoms with Gasteiger partial charge in [0.05, 0.1) is 11.8 Å². The zero-order valence-electron chi connectivity index (χ0n) is 14.3. The Bertz CT molecular complexity index is 780. The number of aliphatic hydroxyl groups excluding tert-OH is 1. The first-order chi connectivity index (χ1) is 12.5. The molecule has 1 aliphatic rings. The third-order valence-corrected chi connectivity index (χ3v) is 4.24. The van der Waals surface area contributed by atoms with Gasteiger partial charge in [-0.25, -0.2) is 9.48 Å². The van der Waals surface area contributed by atoms with Gasteiger partial charge < -0.3 is 15.1 Å². The highest BCUT2D eigenvalue weighted by molar-refractivity contribution is 5.90. The van der Waals surface area contributed by atoms with Crippen LogP contribution in [0.25, 0.3) is 0 Å². The van der Waals surface area contributed by atoms with Gasteiger partial charge >= 0.3 is 5.69 Å². The summed E-state index contributed by atoms with van der Waals surface area (Å²) in [5.41, 5.74) is 0.250. The second-order valence-electron chi connectivity index (χ2n) is 5.84. The largest absolute Gasteiger partial charge is 0.483 e. The lowest BCUT2D eigenvalue weighted by Crippen LogP contribution is -2.40. The third kappa shape index (κ3) is 4.54. The lowest BCUT2D eigenvalue weighted by atomic mass is 9.89. The summed E-state index contributed by atoms with van der Waals surface area (Å²) in [6.45, 7) is 0.790. The molecule has 0 bridgehead atoms. The zero-order chi connectivity index (χ0) is 19.1. The number of aryl methyl sites for hydroxylation is 1. The van der Waals surface area contributed by atoms with Crippen LogP contribution < -0.4 is 5.69 Å². The topological polar surface area (TPSA) is 141 Å². The number of piperidine rings is 1. The Kier molecular flexibility index (Phi) is 6.61. The molecule has 2 aromatic heterocycles. The van der Waals surface area contributed by atoms with E-state index in [4.69, 9.17) is 9.90 Å². The number of aliphatic hydroxyl groups is 1. The number of carbonyl (C=O) groups is 2. The van der Waals surface area contributed by atoms with Gasteiger partial charge in [-0.3, -0.25) is 19.6 Å². The first kappa shape index (κ1) is 19.3. The molecule has 1 aliphatic heterocycles. The van der Waals surface area contributed by atoms with Crippen LogP contribution in [-0.2, 0) is 11.8 Å².